The van der Waals surface area contributed by atoms with Crippen molar-refractivity contribution in [2.75, 3.05) is 13.6 Å². The van der Waals surface area contributed by atoms with Crippen molar-refractivity contribution in [1.29, 1.82) is 0 Å². The first kappa shape index (κ1) is 13.2. The molecule has 0 saturated carbocycles. The Kier molecular flexibility index (Phi) is 4.25. The molecule has 1 N–H and O–H groups in total. The van der Waals surface area contributed by atoms with Crippen molar-refractivity contribution in [2.24, 2.45) is 5.92 Å². The second kappa shape index (κ2) is 5.47. The molecule has 0 radical (unpaired) electrons. The molecule has 1 aromatic heterocycles. The monoisotopic (exact) mass is 240 g/mol. The summed E-state index contributed by atoms with van der Waals surface area (Å²) in [5.41, 5.74) is 0.210. The van der Waals surface area contributed by atoms with Gasteiger partial charge in [0.1, 0.15) is 5.76 Å². The summed E-state index contributed by atoms with van der Waals surface area (Å²) in [6.07, 6.45) is 0.662. The van der Waals surface area contributed by atoms with E-state index in [0.29, 0.717) is 12.2 Å². The molecule has 6 heteroatoms. The number of rotatable bonds is 5. The summed E-state index contributed by atoms with van der Waals surface area (Å²) in [7, 11) is 1.54. The van der Waals surface area contributed by atoms with Crippen LogP contribution in [0.1, 0.15) is 30.1 Å². The van der Waals surface area contributed by atoms with Crippen LogP contribution in [0, 0.1) is 5.92 Å². The predicted octanol–water partition coefficient (Wildman–Crippen LogP) is 1.03. The summed E-state index contributed by atoms with van der Waals surface area (Å²) in [5, 5.41) is 12.4. The lowest BCUT2D eigenvalue weighted by molar-refractivity contribution is -0.141. The smallest absolute Gasteiger partial charge is 0.308 e. The van der Waals surface area contributed by atoms with Crippen molar-refractivity contribution in [2.45, 2.75) is 20.3 Å². The number of aromatic nitrogens is 1. The minimum Gasteiger partial charge on any atom is -0.481 e. The van der Waals surface area contributed by atoms with Gasteiger partial charge in [-0.15, -0.1) is 0 Å². The van der Waals surface area contributed by atoms with Crippen molar-refractivity contribution >= 4 is 11.9 Å². The maximum absolute atomic E-state index is 11.8. The van der Waals surface area contributed by atoms with E-state index in [9.17, 15) is 9.59 Å². The molecular formula is C11H16N2O4. The molecule has 0 saturated heterocycles. The van der Waals surface area contributed by atoms with Gasteiger partial charge in [0.2, 0.25) is 0 Å². The largest absolute Gasteiger partial charge is 0.481 e. The van der Waals surface area contributed by atoms with Gasteiger partial charge in [0.05, 0.1) is 5.92 Å². The van der Waals surface area contributed by atoms with E-state index in [1.807, 2.05) is 6.92 Å². The summed E-state index contributed by atoms with van der Waals surface area (Å²) < 4.78 is 4.92. The Labute approximate surface area is 99.2 Å². The summed E-state index contributed by atoms with van der Waals surface area (Å²) in [6, 6.07) is 1.57. The topological polar surface area (TPSA) is 83.6 Å². The molecular weight excluding hydrogens is 224 g/mol. The molecule has 94 valence electrons. The Balaban J connectivity index is 2.66. The van der Waals surface area contributed by atoms with Crippen molar-refractivity contribution in [3.8, 4) is 0 Å². The Morgan fingerprint density at radius 3 is 2.71 bits per heavy atom. The van der Waals surface area contributed by atoms with Gasteiger partial charge in [-0.05, 0) is 0 Å². The van der Waals surface area contributed by atoms with Gasteiger partial charge in [0.25, 0.3) is 5.91 Å². The molecule has 6 nitrogen and oxygen atoms in total. The fourth-order valence-corrected chi connectivity index (χ4v) is 1.35. The molecule has 1 rings (SSSR count). The summed E-state index contributed by atoms with van der Waals surface area (Å²) in [6.45, 7) is 3.58. The normalized spacial score (nSPS) is 12.2. The van der Waals surface area contributed by atoms with Crippen molar-refractivity contribution in [3.05, 3.63) is 17.5 Å². The van der Waals surface area contributed by atoms with E-state index in [-0.39, 0.29) is 18.1 Å². The summed E-state index contributed by atoms with van der Waals surface area (Å²) >= 11 is 0. The lowest BCUT2D eigenvalue weighted by atomic mass is 10.1. The molecule has 0 aromatic carbocycles. The molecule has 0 fully saturated rings. The van der Waals surface area contributed by atoms with Gasteiger partial charge >= 0.3 is 5.97 Å². The average Bonchev–Trinajstić information content (AvgIpc) is 2.76. The number of amides is 1. The van der Waals surface area contributed by atoms with Crippen molar-refractivity contribution < 1.29 is 19.2 Å². The van der Waals surface area contributed by atoms with E-state index in [1.165, 1.54) is 4.90 Å². The van der Waals surface area contributed by atoms with Gasteiger partial charge in [-0.2, -0.15) is 0 Å². The molecule has 1 aromatic rings. The molecule has 1 unspecified atom stereocenters. The van der Waals surface area contributed by atoms with E-state index in [0.717, 1.165) is 0 Å². The number of aliphatic carboxylic acids is 1. The first-order valence-corrected chi connectivity index (χ1v) is 5.39. The lowest BCUT2D eigenvalue weighted by Crippen LogP contribution is -2.33. The van der Waals surface area contributed by atoms with E-state index in [1.54, 1.807) is 20.0 Å². The first-order chi connectivity index (χ1) is 7.95. The van der Waals surface area contributed by atoms with Crippen LogP contribution in [-0.2, 0) is 11.2 Å². The Bertz CT molecular complexity index is 413. The van der Waals surface area contributed by atoms with Gasteiger partial charge in [0.15, 0.2) is 5.69 Å². The third kappa shape index (κ3) is 3.30. The van der Waals surface area contributed by atoms with Crippen LogP contribution in [0.5, 0.6) is 0 Å². The average molecular weight is 240 g/mol. The maximum Gasteiger partial charge on any atom is 0.308 e. The number of carboxylic acid groups (broad SMARTS) is 1. The van der Waals surface area contributed by atoms with Gasteiger partial charge in [-0.25, -0.2) is 0 Å². The van der Waals surface area contributed by atoms with Crippen molar-refractivity contribution in [1.82, 2.24) is 10.1 Å². The second-order valence-corrected chi connectivity index (χ2v) is 3.96. The van der Waals surface area contributed by atoms with Crippen LogP contribution in [0.4, 0.5) is 0 Å². The third-order valence-electron chi connectivity index (χ3n) is 2.44. The Hall–Kier alpha value is -1.85. The van der Waals surface area contributed by atoms with Crippen LogP contribution in [0.2, 0.25) is 0 Å². The first-order valence-electron chi connectivity index (χ1n) is 5.39. The zero-order valence-electron chi connectivity index (χ0n) is 10.1. The highest BCUT2D eigenvalue weighted by molar-refractivity contribution is 5.92. The van der Waals surface area contributed by atoms with E-state index >= 15 is 0 Å². The van der Waals surface area contributed by atoms with E-state index in [2.05, 4.69) is 5.16 Å². The molecule has 1 amide bonds. The summed E-state index contributed by atoms with van der Waals surface area (Å²) in [4.78, 5) is 23.8. The third-order valence-corrected chi connectivity index (χ3v) is 2.44. The highest BCUT2D eigenvalue weighted by Crippen LogP contribution is 2.08. The number of hydrogen-bond donors (Lipinski definition) is 1. The van der Waals surface area contributed by atoms with Gasteiger partial charge < -0.3 is 14.5 Å². The summed E-state index contributed by atoms with van der Waals surface area (Å²) in [5.74, 6) is -1.24. The highest BCUT2D eigenvalue weighted by atomic mass is 16.5. The number of nitrogens with zero attached hydrogens (tertiary/aromatic N) is 2. The highest BCUT2D eigenvalue weighted by Gasteiger charge is 2.20. The maximum atomic E-state index is 11.8. The zero-order valence-corrected chi connectivity index (χ0v) is 10.1. The predicted molar refractivity (Wildman–Crippen MR) is 59.6 cm³/mol. The van der Waals surface area contributed by atoms with Crippen LogP contribution in [0.25, 0.3) is 0 Å². The molecule has 0 aliphatic rings. The Morgan fingerprint density at radius 2 is 2.24 bits per heavy atom. The Morgan fingerprint density at radius 1 is 1.59 bits per heavy atom. The van der Waals surface area contributed by atoms with Crippen molar-refractivity contribution in [3.63, 3.8) is 0 Å². The molecule has 0 aliphatic heterocycles. The molecule has 0 spiro atoms. The fraction of sp³-hybridized carbons (Fsp3) is 0.545. The van der Waals surface area contributed by atoms with E-state index < -0.39 is 11.9 Å². The van der Waals surface area contributed by atoms with Gasteiger partial charge in [0, 0.05) is 26.1 Å². The van der Waals surface area contributed by atoms with Crippen LogP contribution >= 0.6 is 0 Å². The standard InChI is InChI=1S/C11H16N2O4/c1-4-8-5-9(12-17-8)10(14)13(3)6-7(2)11(15)16/h5,7H,4,6H2,1-3H3,(H,15,16). The fourth-order valence-electron chi connectivity index (χ4n) is 1.35. The molecule has 1 heterocycles. The van der Waals surface area contributed by atoms with Gasteiger partial charge in [-0.3, -0.25) is 9.59 Å². The second-order valence-electron chi connectivity index (χ2n) is 3.96. The molecule has 17 heavy (non-hydrogen) atoms. The van der Waals surface area contributed by atoms with Crippen LogP contribution in [0.3, 0.4) is 0 Å². The van der Waals surface area contributed by atoms with Crippen LogP contribution < -0.4 is 0 Å². The SMILES string of the molecule is CCc1cc(C(=O)N(C)CC(C)C(=O)O)no1. The molecule has 0 bridgehead atoms. The minimum atomic E-state index is -0.931. The number of hydrogen-bond acceptors (Lipinski definition) is 4. The molecule has 1 atom stereocenters. The zero-order chi connectivity index (χ0) is 13.0. The van der Waals surface area contributed by atoms with Gasteiger partial charge in [-0.1, -0.05) is 19.0 Å². The minimum absolute atomic E-state index is 0.141. The number of carboxylic acids is 1. The molecule has 0 aliphatic carbocycles. The quantitative estimate of drug-likeness (QED) is 0.831. The number of carbonyl (C=O) groups is 2. The lowest BCUT2D eigenvalue weighted by Gasteiger charge is -2.17. The number of carbonyl (C=O) groups excluding carboxylic acids is 1. The van der Waals surface area contributed by atoms with Crippen LogP contribution in [-0.4, -0.2) is 40.6 Å². The van der Waals surface area contributed by atoms with E-state index in [4.69, 9.17) is 9.63 Å². The van der Waals surface area contributed by atoms with Crippen LogP contribution in [0.15, 0.2) is 10.6 Å². The number of aryl methyl sites for hydroxylation is 1.